The first-order valence-electron chi connectivity index (χ1n) is 13.0. The van der Waals surface area contributed by atoms with E-state index in [1.165, 1.54) is 24.3 Å². The number of β-amino-alcohol motifs (C(OH)–C–C–N with tert-alkyl or cyclic N) is 1. The van der Waals surface area contributed by atoms with Gasteiger partial charge >= 0.3 is 0 Å². The Kier molecular flexibility index (Phi) is 11.8. The molecule has 0 aromatic heterocycles. The van der Waals surface area contributed by atoms with Crippen LogP contribution in [0.5, 0.6) is 0 Å². The summed E-state index contributed by atoms with van der Waals surface area (Å²) < 4.78 is 26.9. The maximum atomic E-state index is 13.4. The predicted octanol–water partition coefficient (Wildman–Crippen LogP) is 5.78. The number of para-hydroxylation sites is 1. The lowest BCUT2D eigenvalue weighted by Gasteiger charge is -2.35. The van der Waals surface area contributed by atoms with E-state index in [4.69, 9.17) is 0 Å². The molecule has 2 N–H and O–H groups in total. The Morgan fingerprint density at radius 3 is 1.84 bits per heavy atom. The third-order valence-corrected chi connectivity index (χ3v) is 7.01. The second kappa shape index (κ2) is 15.0. The Hall–Kier alpha value is -2.51. The Morgan fingerprint density at radius 1 is 0.730 bits per heavy atom. The van der Waals surface area contributed by atoms with E-state index in [-0.39, 0.29) is 30.0 Å². The van der Waals surface area contributed by atoms with E-state index in [1.54, 1.807) is 0 Å². The Bertz CT molecular complexity index is 983. The Balaban J connectivity index is 0.00000380. The monoisotopic (exact) mass is 529 g/mol. The van der Waals surface area contributed by atoms with Gasteiger partial charge in [0.25, 0.3) is 0 Å². The van der Waals surface area contributed by atoms with Crippen molar-refractivity contribution in [2.45, 2.75) is 31.3 Å². The molecule has 0 saturated carbocycles. The van der Waals surface area contributed by atoms with Crippen LogP contribution in [0.4, 0.5) is 14.5 Å². The summed E-state index contributed by atoms with van der Waals surface area (Å²) in [5.74, 6) is -0.347. The van der Waals surface area contributed by atoms with Crippen LogP contribution >= 0.6 is 12.4 Å². The van der Waals surface area contributed by atoms with Gasteiger partial charge < -0.3 is 15.3 Å². The van der Waals surface area contributed by atoms with Crippen LogP contribution in [-0.4, -0.2) is 66.8 Å². The summed E-state index contributed by atoms with van der Waals surface area (Å²) in [4.78, 5) is 4.84. The highest BCUT2D eigenvalue weighted by atomic mass is 35.5. The van der Waals surface area contributed by atoms with Gasteiger partial charge in [0.15, 0.2) is 0 Å². The van der Waals surface area contributed by atoms with Gasteiger partial charge in [0.05, 0.1) is 6.10 Å². The summed E-state index contributed by atoms with van der Waals surface area (Å²) in [6, 6.07) is 23.3. The van der Waals surface area contributed by atoms with Gasteiger partial charge in [-0.1, -0.05) is 48.9 Å². The number of nitrogens with zero attached hydrogens (tertiary/aromatic N) is 2. The van der Waals surface area contributed by atoms with Gasteiger partial charge in [-0.15, -0.1) is 12.4 Å². The van der Waals surface area contributed by atoms with Gasteiger partial charge in [0.2, 0.25) is 0 Å². The quantitative estimate of drug-likeness (QED) is 0.292. The van der Waals surface area contributed by atoms with Crippen LogP contribution in [0, 0.1) is 11.6 Å². The molecule has 1 fully saturated rings. The van der Waals surface area contributed by atoms with Crippen molar-refractivity contribution in [2.75, 3.05) is 51.1 Å². The molecule has 3 aromatic carbocycles. The van der Waals surface area contributed by atoms with Crippen molar-refractivity contribution in [2.24, 2.45) is 0 Å². The van der Waals surface area contributed by atoms with Crippen molar-refractivity contribution in [3.63, 3.8) is 0 Å². The molecule has 4 nitrogen and oxygen atoms in total. The molecule has 1 unspecified atom stereocenters. The normalized spacial score (nSPS) is 15.4. The lowest BCUT2D eigenvalue weighted by Crippen LogP contribution is -2.49. The molecule has 3 aromatic rings. The van der Waals surface area contributed by atoms with Crippen LogP contribution in [-0.2, 0) is 0 Å². The van der Waals surface area contributed by atoms with E-state index in [2.05, 4.69) is 15.1 Å². The fraction of sp³-hybridized carbons (Fsp3) is 0.400. The van der Waals surface area contributed by atoms with Gasteiger partial charge in [0, 0.05) is 50.9 Å². The zero-order valence-electron chi connectivity index (χ0n) is 21.2. The standard InChI is InChI=1S/C30H37F2N3O.ClH/c31-26-13-9-24(10-14-26)30(25-11-15-27(32)16-12-25)8-4-5-17-34-18-20-35(21-19-34)23-29(36)22-33-28-6-2-1-3-7-28;/h1-3,6-7,9-16,29-30,33,36H,4-5,8,17-23H2;1H. The molecule has 0 bridgehead atoms. The minimum Gasteiger partial charge on any atom is -0.390 e. The number of nitrogens with one attached hydrogen (secondary N) is 1. The molecule has 1 saturated heterocycles. The zero-order valence-corrected chi connectivity index (χ0v) is 22.1. The molecule has 0 radical (unpaired) electrons. The molecule has 0 spiro atoms. The van der Waals surface area contributed by atoms with Crippen LogP contribution in [0.25, 0.3) is 0 Å². The Labute approximate surface area is 225 Å². The minimum absolute atomic E-state index is 0. The summed E-state index contributed by atoms with van der Waals surface area (Å²) in [5, 5.41) is 13.7. The van der Waals surface area contributed by atoms with E-state index in [0.29, 0.717) is 13.1 Å². The largest absolute Gasteiger partial charge is 0.390 e. The minimum atomic E-state index is -0.397. The molecule has 1 aliphatic rings. The highest BCUT2D eigenvalue weighted by molar-refractivity contribution is 5.85. The molecular weight excluding hydrogens is 492 g/mol. The van der Waals surface area contributed by atoms with Crippen molar-refractivity contribution in [1.82, 2.24) is 9.80 Å². The summed E-state index contributed by atoms with van der Waals surface area (Å²) in [6.07, 6.45) is 2.68. The Morgan fingerprint density at radius 2 is 1.27 bits per heavy atom. The summed E-state index contributed by atoms with van der Waals surface area (Å²) in [6.45, 7) is 6.24. The molecule has 0 amide bonds. The molecule has 0 aliphatic carbocycles. The summed E-state index contributed by atoms with van der Waals surface area (Å²) in [7, 11) is 0. The number of piperazine rings is 1. The number of unbranched alkanes of at least 4 members (excludes halogenated alkanes) is 1. The number of hydrogen-bond donors (Lipinski definition) is 2. The first kappa shape index (κ1) is 29.1. The number of benzene rings is 3. The number of anilines is 1. The lowest BCUT2D eigenvalue weighted by atomic mass is 9.87. The predicted molar refractivity (Wildman–Crippen MR) is 150 cm³/mol. The van der Waals surface area contributed by atoms with Crippen molar-refractivity contribution < 1.29 is 13.9 Å². The number of rotatable bonds is 12. The highest BCUT2D eigenvalue weighted by Crippen LogP contribution is 2.30. The van der Waals surface area contributed by atoms with E-state index < -0.39 is 6.10 Å². The maximum absolute atomic E-state index is 13.4. The molecule has 1 atom stereocenters. The average molecular weight is 530 g/mol. The first-order valence-corrected chi connectivity index (χ1v) is 13.0. The molecule has 37 heavy (non-hydrogen) atoms. The SMILES string of the molecule is Cl.OC(CNc1ccccc1)CN1CCN(CCCCC(c2ccc(F)cc2)c2ccc(F)cc2)CC1. The van der Waals surface area contributed by atoms with Crippen molar-refractivity contribution in [1.29, 1.82) is 0 Å². The topological polar surface area (TPSA) is 38.7 Å². The van der Waals surface area contributed by atoms with Crippen molar-refractivity contribution in [3.8, 4) is 0 Å². The van der Waals surface area contributed by atoms with E-state index in [1.807, 2.05) is 54.6 Å². The summed E-state index contributed by atoms with van der Waals surface area (Å²) >= 11 is 0. The van der Waals surface area contributed by atoms with Crippen LogP contribution in [0.1, 0.15) is 36.3 Å². The van der Waals surface area contributed by atoms with Gasteiger partial charge in [-0.3, -0.25) is 4.90 Å². The first-order chi connectivity index (χ1) is 17.6. The smallest absolute Gasteiger partial charge is 0.123 e. The summed E-state index contributed by atoms with van der Waals surface area (Å²) in [5.41, 5.74) is 3.16. The number of halogens is 3. The van der Waals surface area contributed by atoms with Crippen LogP contribution in [0.15, 0.2) is 78.9 Å². The van der Waals surface area contributed by atoms with Gasteiger partial charge in [-0.25, -0.2) is 8.78 Å². The van der Waals surface area contributed by atoms with E-state index in [9.17, 15) is 13.9 Å². The average Bonchev–Trinajstić information content (AvgIpc) is 2.90. The molecule has 4 rings (SSSR count). The second-order valence-electron chi connectivity index (χ2n) is 9.69. The zero-order chi connectivity index (χ0) is 25.2. The second-order valence-corrected chi connectivity index (χ2v) is 9.69. The van der Waals surface area contributed by atoms with E-state index in [0.717, 1.165) is 68.8 Å². The fourth-order valence-electron chi connectivity index (χ4n) is 4.95. The van der Waals surface area contributed by atoms with Gasteiger partial charge in [0.1, 0.15) is 11.6 Å². The molecule has 1 heterocycles. The van der Waals surface area contributed by atoms with Crippen LogP contribution in [0.3, 0.4) is 0 Å². The van der Waals surface area contributed by atoms with E-state index >= 15 is 0 Å². The molecule has 1 aliphatic heterocycles. The highest BCUT2D eigenvalue weighted by Gasteiger charge is 2.20. The van der Waals surface area contributed by atoms with Crippen molar-refractivity contribution in [3.05, 3.63) is 102 Å². The third-order valence-electron chi connectivity index (χ3n) is 7.01. The fourth-order valence-corrected chi connectivity index (χ4v) is 4.95. The molecule has 200 valence electrons. The molecular formula is C30H38ClF2N3O. The number of aliphatic hydroxyl groups is 1. The third kappa shape index (κ3) is 9.38. The van der Waals surface area contributed by atoms with Crippen LogP contribution < -0.4 is 5.32 Å². The maximum Gasteiger partial charge on any atom is 0.123 e. The lowest BCUT2D eigenvalue weighted by molar-refractivity contribution is 0.0776. The van der Waals surface area contributed by atoms with Crippen LogP contribution in [0.2, 0.25) is 0 Å². The number of aliphatic hydroxyl groups excluding tert-OH is 1. The van der Waals surface area contributed by atoms with Gasteiger partial charge in [-0.2, -0.15) is 0 Å². The number of hydrogen-bond acceptors (Lipinski definition) is 4. The molecule has 7 heteroatoms. The van der Waals surface area contributed by atoms with Gasteiger partial charge in [-0.05, 0) is 66.9 Å². The van der Waals surface area contributed by atoms with Crippen molar-refractivity contribution >= 4 is 18.1 Å².